The molecule has 0 unspecified atom stereocenters. The lowest BCUT2D eigenvalue weighted by atomic mass is 10.6. The summed E-state index contributed by atoms with van der Waals surface area (Å²) in [5.74, 6) is 0.472. The monoisotopic (exact) mass is 206 g/mol. The van der Waals surface area contributed by atoms with Crippen LogP contribution >= 0.6 is 11.3 Å². The summed E-state index contributed by atoms with van der Waals surface area (Å²) in [5.41, 5.74) is 0. The minimum absolute atomic E-state index is 0.472. The van der Waals surface area contributed by atoms with E-state index >= 15 is 0 Å². The third-order valence-corrected chi connectivity index (χ3v) is 2.26. The van der Waals surface area contributed by atoms with Gasteiger partial charge in [-0.25, -0.2) is 15.0 Å². The van der Waals surface area contributed by atoms with E-state index in [1.807, 2.05) is 0 Å². The highest BCUT2D eigenvalue weighted by molar-refractivity contribution is 7.17. The highest BCUT2D eigenvalue weighted by Gasteiger charge is 2.01. The molecule has 5 nitrogen and oxygen atoms in total. The molecule has 0 saturated heterocycles. The first-order chi connectivity index (χ1) is 6.88. The van der Waals surface area contributed by atoms with Crippen LogP contribution in [-0.4, -0.2) is 21.2 Å². The van der Waals surface area contributed by atoms with Gasteiger partial charge in [0.2, 0.25) is 5.95 Å². The van der Waals surface area contributed by atoms with Crippen LogP contribution in [0.5, 0.6) is 0 Å². The van der Waals surface area contributed by atoms with Gasteiger partial charge >= 0.3 is 0 Å². The summed E-state index contributed by atoms with van der Waals surface area (Å²) in [4.78, 5) is 22.9. The molecule has 2 aromatic heterocycles. The Hall–Kier alpha value is -1.82. The van der Waals surface area contributed by atoms with Gasteiger partial charge in [0.15, 0.2) is 11.4 Å². The normalized spacial score (nSPS) is 9.71. The number of carbonyl (C=O) groups excluding carboxylic acids is 1. The Morgan fingerprint density at radius 1 is 1.29 bits per heavy atom. The molecule has 0 radical (unpaired) electrons. The van der Waals surface area contributed by atoms with Gasteiger partial charge < -0.3 is 5.32 Å². The molecule has 70 valence electrons. The van der Waals surface area contributed by atoms with Crippen molar-refractivity contribution in [3.05, 3.63) is 29.5 Å². The fraction of sp³-hybridized carbons (Fsp3) is 0. The maximum atomic E-state index is 10.4. The van der Waals surface area contributed by atoms with Gasteiger partial charge in [0, 0.05) is 12.4 Å². The van der Waals surface area contributed by atoms with E-state index in [4.69, 9.17) is 0 Å². The zero-order valence-electron chi connectivity index (χ0n) is 7.04. The number of aromatic nitrogens is 3. The predicted molar refractivity (Wildman–Crippen MR) is 52.8 cm³/mol. The molecule has 0 bridgehead atoms. The molecule has 0 spiro atoms. The van der Waals surface area contributed by atoms with E-state index < -0.39 is 0 Å². The third kappa shape index (κ3) is 1.91. The molecule has 0 aliphatic heterocycles. The average Bonchev–Trinajstić information content (AvgIpc) is 2.67. The fourth-order valence-electron chi connectivity index (χ4n) is 0.858. The molecule has 0 saturated carbocycles. The molecule has 2 heterocycles. The molecule has 0 aliphatic carbocycles. The SMILES string of the molecule is O=Cc1cnc(Nc2ncccn2)s1. The molecule has 6 heteroatoms. The van der Waals surface area contributed by atoms with Gasteiger partial charge in [-0.3, -0.25) is 4.79 Å². The lowest BCUT2D eigenvalue weighted by molar-refractivity contribution is 0.112. The van der Waals surface area contributed by atoms with Crippen molar-refractivity contribution in [1.29, 1.82) is 0 Å². The van der Waals surface area contributed by atoms with Gasteiger partial charge in [0.25, 0.3) is 0 Å². The van der Waals surface area contributed by atoms with Crippen LogP contribution in [0.15, 0.2) is 24.7 Å². The van der Waals surface area contributed by atoms with Crippen LogP contribution in [0.4, 0.5) is 11.1 Å². The van der Waals surface area contributed by atoms with Gasteiger partial charge in [-0.15, -0.1) is 0 Å². The van der Waals surface area contributed by atoms with Crippen molar-refractivity contribution in [1.82, 2.24) is 15.0 Å². The minimum Gasteiger partial charge on any atom is -0.300 e. The fourth-order valence-corrected chi connectivity index (χ4v) is 1.48. The zero-order valence-corrected chi connectivity index (χ0v) is 7.86. The summed E-state index contributed by atoms with van der Waals surface area (Å²) in [7, 11) is 0. The first kappa shape index (κ1) is 8.76. The molecule has 0 fully saturated rings. The van der Waals surface area contributed by atoms with Crippen LogP contribution in [-0.2, 0) is 0 Å². The highest BCUT2D eigenvalue weighted by Crippen LogP contribution is 2.18. The molecule has 0 aliphatic rings. The Balaban J connectivity index is 2.15. The third-order valence-electron chi connectivity index (χ3n) is 1.42. The van der Waals surface area contributed by atoms with Gasteiger partial charge in [0.05, 0.1) is 11.1 Å². The van der Waals surface area contributed by atoms with E-state index in [0.29, 0.717) is 16.0 Å². The van der Waals surface area contributed by atoms with Crippen LogP contribution in [0.1, 0.15) is 9.67 Å². The molecule has 2 rings (SSSR count). The first-order valence-electron chi connectivity index (χ1n) is 3.83. The van der Waals surface area contributed by atoms with Crippen LogP contribution in [0, 0.1) is 0 Å². The van der Waals surface area contributed by atoms with Crippen LogP contribution in [0.25, 0.3) is 0 Å². The van der Waals surface area contributed by atoms with Crippen molar-refractivity contribution < 1.29 is 4.79 Å². The second-order valence-corrected chi connectivity index (χ2v) is 3.45. The van der Waals surface area contributed by atoms with Crippen molar-refractivity contribution in [2.75, 3.05) is 5.32 Å². The molecule has 0 aromatic carbocycles. The number of thiazole rings is 1. The lowest BCUT2D eigenvalue weighted by Crippen LogP contribution is -1.94. The molecule has 2 aromatic rings. The summed E-state index contributed by atoms with van der Waals surface area (Å²) in [5, 5.41) is 3.49. The molecule has 0 atom stereocenters. The Bertz CT molecular complexity index is 428. The van der Waals surface area contributed by atoms with Crippen LogP contribution in [0.3, 0.4) is 0 Å². The number of anilines is 2. The largest absolute Gasteiger partial charge is 0.300 e. The van der Waals surface area contributed by atoms with Crippen LogP contribution < -0.4 is 5.32 Å². The predicted octanol–water partition coefficient (Wildman–Crippen LogP) is 1.49. The smallest absolute Gasteiger partial charge is 0.228 e. The minimum atomic E-state index is 0.472. The van der Waals surface area contributed by atoms with E-state index in [-0.39, 0.29) is 0 Å². The van der Waals surface area contributed by atoms with Crippen molar-refractivity contribution in [3.8, 4) is 0 Å². The molecule has 1 N–H and O–H groups in total. The quantitative estimate of drug-likeness (QED) is 0.770. The summed E-state index contributed by atoms with van der Waals surface area (Å²) < 4.78 is 0. The molecule has 14 heavy (non-hydrogen) atoms. The van der Waals surface area contributed by atoms with Crippen molar-refractivity contribution in [2.24, 2.45) is 0 Å². The Kier molecular flexibility index (Phi) is 2.46. The highest BCUT2D eigenvalue weighted by atomic mass is 32.1. The summed E-state index contributed by atoms with van der Waals surface area (Å²) in [6.45, 7) is 0. The van der Waals surface area contributed by atoms with Crippen molar-refractivity contribution >= 4 is 28.7 Å². The van der Waals surface area contributed by atoms with Gasteiger partial charge in [-0.2, -0.15) is 0 Å². The standard InChI is InChI=1S/C8H6N4OS/c13-5-6-4-11-8(14-6)12-7-9-2-1-3-10-7/h1-5H,(H,9,10,11,12). The van der Waals surface area contributed by atoms with E-state index in [0.717, 1.165) is 6.29 Å². The molecular formula is C8H6N4OS. The van der Waals surface area contributed by atoms with E-state index in [2.05, 4.69) is 20.3 Å². The maximum absolute atomic E-state index is 10.4. The summed E-state index contributed by atoms with van der Waals surface area (Å²) in [6, 6.07) is 1.73. The molecular weight excluding hydrogens is 200 g/mol. The van der Waals surface area contributed by atoms with Crippen LogP contribution in [0.2, 0.25) is 0 Å². The lowest BCUT2D eigenvalue weighted by Gasteiger charge is -1.97. The van der Waals surface area contributed by atoms with E-state index in [1.54, 1.807) is 18.5 Å². The van der Waals surface area contributed by atoms with Gasteiger partial charge in [-0.1, -0.05) is 11.3 Å². The Labute approximate surface area is 83.9 Å². The Morgan fingerprint density at radius 2 is 2.07 bits per heavy atom. The van der Waals surface area contributed by atoms with Gasteiger partial charge in [-0.05, 0) is 6.07 Å². The summed E-state index contributed by atoms with van der Waals surface area (Å²) >= 11 is 1.26. The number of nitrogens with zero attached hydrogens (tertiary/aromatic N) is 3. The van der Waals surface area contributed by atoms with E-state index in [9.17, 15) is 4.79 Å². The average molecular weight is 206 g/mol. The number of hydrogen-bond acceptors (Lipinski definition) is 6. The number of carbonyl (C=O) groups is 1. The Morgan fingerprint density at radius 3 is 2.71 bits per heavy atom. The van der Waals surface area contributed by atoms with Crippen molar-refractivity contribution in [3.63, 3.8) is 0 Å². The summed E-state index contributed by atoms with van der Waals surface area (Å²) in [6.07, 6.45) is 5.52. The van der Waals surface area contributed by atoms with Gasteiger partial charge in [0.1, 0.15) is 0 Å². The topological polar surface area (TPSA) is 67.8 Å². The second-order valence-electron chi connectivity index (χ2n) is 2.38. The molecule has 0 amide bonds. The first-order valence-corrected chi connectivity index (χ1v) is 4.65. The number of aldehydes is 1. The number of rotatable bonds is 3. The number of hydrogen-bond donors (Lipinski definition) is 1. The van der Waals surface area contributed by atoms with E-state index in [1.165, 1.54) is 17.5 Å². The zero-order chi connectivity index (χ0) is 9.80. The van der Waals surface area contributed by atoms with Crippen molar-refractivity contribution in [2.45, 2.75) is 0 Å². The maximum Gasteiger partial charge on any atom is 0.228 e. The number of nitrogens with one attached hydrogen (secondary N) is 1. The second kappa shape index (κ2) is 3.93.